The van der Waals surface area contributed by atoms with Crippen LogP contribution in [-0.2, 0) is 0 Å². The lowest BCUT2D eigenvalue weighted by Crippen LogP contribution is -2.12. The van der Waals surface area contributed by atoms with Crippen LogP contribution in [0.3, 0.4) is 0 Å². The Labute approximate surface area is 55.3 Å². The highest BCUT2D eigenvalue weighted by Gasteiger charge is 2.09. The fourth-order valence-corrected chi connectivity index (χ4v) is 1.05. The van der Waals surface area contributed by atoms with E-state index < -0.39 is 0 Å². The normalized spacial score (nSPS) is 18.8. The summed E-state index contributed by atoms with van der Waals surface area (Å²) in [4.78, 5) is 0. The third kappa shape index (κ3) is 2.67. The summed E-state index contributed by atoms with van der Waals surface area (Å²) in [6.07, 6.45) is 0. The molecule has 0 aromatic heterocycles. The molecule has 0 aliphatic carbocycles. The summed E-state index contributed by atoms with van der Waals surface area (Å²) in [5.74, 6) is 1.66. The van der Waals surface area contributed by atoms with Crippen molar-refractivity contribution < 1.29 is 0 Å². The average Bonchev–Trinajstić information content (AvgIpc) is 1.64. The van der Waals surface area contributed by atoms with E-state index in [0.717, 1.165) is 17.5 Å². The van der Waals surface area contributed by atoms with Gasteiger partial charge in [-0.3, -0.25) is 0 Å². The molecule has 0 nitrogen and oxygen atoms in total. The van der Waals surface area contributed by atoms with Crippen LogP contribution in [0.1, 0.15) is 27.7 Å². The van der Waals surface area contributed by atoms with E-state index in [-0.39, 0.29) is 0 Å². The second kappa shape index (κ2) is 3.45. The molecule has 0 heterocycles. The molecule has 0 saturated heterocycles. The van der Waals surface area contributed by atoms with E-state index in [9.17, 15) is 0 Å². The summed E-state index contributed by atoms with van der Waals surface area (Å²) < 4.78 is 0. The molecule has 0 rings (SSSR count). The van der Waals surface area contributed by atoms with Crippen LogP contribution in [0, 0.1) is 11.8 Å². The molecule has 0 N–H and O–H groups in total. The molecule has 0 aliphatic heterocycles. The van der Waals surface area contributed by atoms with Crippen molar-refractivity contribution in [1.29, 1.82) is 0 Å². The van der Waals surface area contributed by atoms with E-state index >= 15 is 0 Å². The zero-order chi connectivity index (χ0) is 6.73. The highest BCUT2D eigenvalue weighted by Crippen LogP contribution is 2.19. The van der Waals surface area contributed by atoms with Crippen LogP contribution < -0.4 is 0 Å². The van der Waals surface area contributed by atoms with Gasteiger partial charge in [0.15, 0.2) is 0 Å². The van der Waals surface area contributed by atoms with Gasteiger partial charge in [0.2, 0.25) is 0 Å². The first-order valence-corrected chi connectivity index (χ1v) is 3.98. The molecule has 0 amide bonds. The fraction of sp³-hybridized carbons (Fsp3) is 1.00. The van der Waals surface area contributed by atoms with E-state index in [1.165, 1.54) is 0 Å². The van der Waals surface area contributed by atoms with Gasteiger partial charge in [0.25, 0.3) is 0 Å². The summed E-state index contributed by atoms with van der Waals surface area (Å²) in [5.41, 5.74) is 0.759. The maximum Gasteiger partial charge on any atom is -0.0264 e. The van der Waals surface area contributed by atoms with Gasteiger partial charge in [0.05, 0.1) is 0 Å². The topological polar surface area (TPSA) is 0 Å². The zero-order valence-corrected chi connectivity index (χ0v) is 7.46. The number of hydrogen-bond donors (Lipinski definition) is 0. The van der Waals surface area contributed by atoms with Gasteiger partial charge in [-0.1, -0.05) is 27.7 Å². The van der Waals surface area contributed by atoms with Crippen LogP contribution in [0.5, 0.6) is 0 Å². The van der Waals surface area contributed by atoms with Crippen molar-refractivity contribution in [3.63, 3.8) is 0 Å². The second-order valence-corrected chi connectivity index (χ2v) is 4.01. The van der Waals surface area contributed by atoms with Gasteiger partial charge in [0.1, 0.15) is 0 Å². The minimum atomic E-state index is 0.759. The predicted octanol–water partition coefficient (Wildman–Crippen LogP) is 2.54. The molecule has 3 unspecified atom stereocenters. The Morgan fingerprint density at radius 3 is 1.38 bits per heavy atom. The summed E-state index contributed by atoms with van der Waals surface area (Å²) in [5, 5.41) is 0. The van der Waals surface area contributed by atoms with Gasteiger partial charge < -0.3 is 0 Å². The molecular formula is C7H17P. The van der Waals surface area contributed by atoms with Gasteiger partial charge in [-0.15, -0.1) is 9.24 Å². The quantitative estimate of drug-likeness (QED) is 0.506. The van der Waals surface area contributed by atoms with E-state index in [2.05, 4.69) is 36.9 Å². The van der Waals surface area contributed by atoms with Gasteiger partial charge in [-0.2, -0.15) is 0 Å². The Morgan fingerprint density at radius 1 is 1.00 bits per heavy atom. The first kappa shape index (κ1) is 8.43. The smallest absolute Gasteiger partial charge is 0.0264 e. The van der Waals surface area contributed by atoms with Crippen LogP contribution >= 0.6 is 9.24 Å². The van der Waals surface area contributed by atoms with Crippen molar-refractivity contribution in [2.45, 2.75) is 33.4 Å². The molecule has 0 aromatic carbocycles. The van der Waals surface area contributed by atoms with Crippen molar-refractivity contribution in [3.05, 3.63) is 0 Å². The number of hydrogen-bond acceptors (Lipinski definition) is 0. The molecule has 3 atom stereocenters. The standard InChI is InChI=1S/C7H17P/c1-5(2)6(3)7(4)8/h5-7H,8H2,1-4H3. The molecule has 0 radical (unpaired) electrons. The molecule has 50 valence electrons. The molecule has 1 heteroatoms. The molecule has 0 fully saturated rings. The Morgan fingerprint density at radius 2 is 1.38 bits per heavy atom. The average molecular weight is 132 g/mol. The third-order valence-corrected chi connectivity index (χ3v) is 2.49. The predicted molar refractivity (Wildman–Crippen MR) is 43.2 cm³/mol. The largest absolute Gasteiger partial charge is 0.134 e. The van der Waals surface area contributed by atoms with E-state index in [4.69, 9.17) is 0 Å². The first-order chi connectivity index (χ1) is 3.55. The monoisotopic (exact) mass is 132 g/mol. The molecular weight excluding hydrogens is 115 g/mol. The first-order valence-electron chi connectivity index (χ1n) is 3.31. The van der Waals surface area contributed by atoms with Crippen molar-refractivity contribution in [3.8, 4) is 0 Å². The Kier molecular flexibility index (Phi) is 3.64. The minimum absolute atomic E-state index is 0.759. The summed E-state index contributed by atoms with van der Waals surface area (Å²) >= 11 is 0. The highest BCUT2D eigenvalue weighted by molar-refractivity contribution is 7.17. The maximum atomic E-state index is 2.84. The van der Waals surface area contributed by atoms with Crippen LogP contribution in [0.25, 0.3) is 0 Å². The van der Waals surface area contributed by atoms with Crippen LogP contribution in [0.2, 0.25) is 0 Å². The van der Waals surface area contributed by atoms with E-state index in [1.54, 1.807) is 0 Å². The van der Waals surface area contributed by atoms with Crippen molar-refractivity contribution in [1.82, 2.24) is 0 Å². The Balaban J connectivity index is 3.46. The summed E-state index contributed by atoms with van der Waals surface area (Å²) in [7, 11) is 2.84. The van der Waals surface area contributed by atoms with Crippen LogP contribution in [-0.4, -0.2) is 5.66 Å². The highest BCUT2D eigenvalue weighted by atomic mass is 31.0. The lowest BCUT2D eigenvalue weighted by Gasteiger charge is -2.18. The minimum Gasteiger partial charge on any atom is -0.134 e. The summed E-state index contributed by atoms with van der Waals surface area (Å²) in [6.45, 7) is 9.08. The van der Waals surface area contributed by atoms with Gasteiger partial charge in [-0.05, 0) is 17.5 Å². The lowest BCUT2D eigenvalue weighted by molar-refractivity contribution is 0.417. The lowest BCUT2D eigenvalue weighted by atomic mass is 9.95. The Bertz CT molecular complexity index is 49.4. The molecule has 0 spiro atoms. The molecule has 0 aromatic rings. The SMILES string of the molecule is CC(C)C(C)C(C)P. The zero-order valence-electron chi connectivity index (χ0n) is 6.31. The summed E-state index contributed by atoms with van der Waals surface area (Å²) in [6, 6.07) is 0. The Hall–Kier alpha value is 0.430. The van der Waals surface area contributed by atoms with Crippen molar-refractivity contribution >= 4 is 9.24 Å². The molecule has 0 aliphatic rings. The molecule has 0 bridgehead atoms. The fourth-order valence-electron chi connectivity index (χ4n) is 0.607. The maximum absolute atomic E-state index is 2.84. The molecule has 0 saturated carbocycles. The second-order valence-electron chi connectivity index (χ2n) is 2.96. The van der Waals surface area contributed by atoms with Crippen molar-refractivity contribution in [2.75, 3.05) is 0 Å². The van der Waals surface area contributed by atoms with E-state index in [1.807, 2.05) is 0 Å². The molecule has 8 heavy (non-hydrogen) atoms. The van der Waals surface area contributed by atoms with Gasteiger partial charge in [-0.25, -0.2) is 0 Å². The van der Waals surface area contributed by atoms with E-state index in [0.29, 0.717) is 0 Å². The number of rotatable bonds is 2. The van der Waals surface area contributed by atoms with Gasteiger partial charge >= 0.3 is 0 Å². The third-order valence-electron chi connectivity index (χ3n) is 1.88. The van der Waals surface area contributed by atoms with Crippen LogP contribution in [0.4, 0.5) is 0 Å². The van der Waals surface area contributed by atoms with Gasteiger partial charge in [0, 0.05) is 0 Å². The van der Waals surface area contributed by atoms with Crippen molar-refractivity contribution in [2.24, 2.45) is 11.8 Å². The van der Waals surface area contributed by atoms with Crippen LogP contribution in [0.15, 0.2) is 0 Å².